The lowest BCUT2D eigenvalue weighted by Gasteiger charge is -2.23. The summed E-state index contributed by atoms with van der Waals surface area (Å²) < 4.78 is 0. The number of rotatable bonds is 8. The minimum atomic E-state index is 0. The van der Waals surface area contributed by atoms with Gasteiger partial charge in [-0.2, -0.15) is 11.8 Å². The van der Waals surface area contributed by atoms with Crippen molar-refractivity contribution in [2.24, 2.45) is 10.9 Å². The van der Waals surface area contributed by atoms with Crippen LogP contribution in [0, 0.1) is 5.92 Å². The fourth-order valence-electron chi connectivity index (χ4n) is 3.47. The standard InChI is InChI=1S/C17H34N4S.HI/c1-3-18-17(19-9-4-7-13-22-2)21-12-8-16(15-21)14-20-10-5-6-11-20;/h16H,3-15H2,1-2H3,(H,18,19);1H. The van der Waals surface area contributed by atoms with Crippen LogP contribution in [-0.2, 0) is 0 Å². The maximum atomic E-state index is 4.84. The van der Waals surface area contributed by atoms with Crippen molar-refractivity contribution in [3.8, 4) is 0 Å². The van der Waals surface area contributed by atoms with E-state index in [2.05, 4.69) is 28.3 Å². The molecule has 1 N–H and O–H groups in total. The average molecular weight is 454 g/mol. The van der Waals surface area contributed by atoms with E-state index in [1.807, 2.05) is 11.8 Å². The minimum Gasteiger partial charge on any atom is -0.357 e. The highest BCUT2D eigenvalue weighted by molar-refractivity contribution is 14.0. The number of nitrogens with zero attached hydrogens (tertiary/aromatic N) is 3. The Hall–Kier alpha value is 0.310. The first-order valence-corrected chi connectivity index (χ1v) is 10.5. The van der Waals surface area contributed by atoms with E-state index in [4.69, 9.17) is 4.99 Å². The van der Waals surface area contributed by atoms with Crippen LogP contribution in [0.5, 0.6) is 0 Å². The molecule has 0 bridgehead atoms. The lowest BCUT2D eigenvalue weighted by molar-refractivity contribution is 0.281. The second kappa shape index (κ2) is 12.6. The lowest BCUT2D eigenvalue weighted by atomic mass is 10.1. The molecule has 23 heavy (non-hydrogen) atoms. The van der Waals surface area contributed by atoms with E-state index in [0.29, 0.717) is 0 Å². The van der Waals surface area contributed by atoms with Gasteiger partial charge >= 0.3 is 0 Å². The normalized spacial score (nSPS) is 22.4. The molecule has 2 aliphatic heterocycles. The molecule has 0 aromatic heterocycles. The fourth-order valence-corrected chi connectivity index (χ4v) is 3.97. The van der Waals surface area contributed by atoms with Gasteiger partial charge in [0.1, 0.15) is 0 Å². The molecular weight excluding hydrogens is 419 g/mol. The second-order valence-corrected chi connectivity index (χ2v) is 7.53. The molecule has 6 heteroatoms. The van der Waals surface area contributed by atoms with Gasteiger partial charge in [-0.3, -0.25) is 4.99 Å². The smallest absolute Gasteiger partial charge is 0.193 e. The maximum Gasteiger partial charge on any atom is 0.193 e. The Balaban J connectivity index is 0.00000264. The van der Waals surface area contributed by atoms with Crippen molar-refractivity contribution < 1.29 is 0 Å². The summed E-state index contributed by atoms with van der Waals surface area (Å²) in [7, 11) is 0. The minimum absolute atomic E-state index is 0. The summed E-state index contributed by atoms with van der Waals surface area (Å²) in [5, 5.41) is 3.49. The number of thioether (sulfide) groups is 1. The van der Waals surface area contributed by atoms with Gasteiger partial charge in [0, 0.05) is 32.7 Å². The molecule has 0 aromatic rings. The Morgan fingerprint density at radius 3 is 2.70 bits per heavy atom. The van der Waals surface area contributed by atoms with Crippen LogP contribution < -0.4 is 5.32 Å². The Labute approximate surface area is 164 Å². The SMILES string of the molecule is CCNC(=NCCCCSC)N1CCC(CN2CCCC2)C1.I. The second-order valence-electron chi connectivity index (χ2n) is 6.54. The van der Waals surface area contributed by atoms with Crippen molar-refractivity contribution >= 4 is 41.7 Å². The molecule has 2 fully saturated rings. The van der Waals surface area contributed by atoms with Gasteiger partial charge in [0.2, 0.25) is 0 Å². The predicted molar refractivity (Wildman–Crippen MR) is 114 cm³/mol. The number of hydrogen-bond acceptors (Lipinski definition) is 3. The molecule has 2 saturated heterocycles. The van der Waals surface area contributed by atoms with Crippen LogP contribution in [0.3, 0.4) is 0 Å². The van der Waals surface area contributed by atoms with E-state index >= 15 is 0 Å². The van der Waals surface area contributed by atoms with Crippen LogP contribution in [0.2, 0.25) is 0 Å². The molecule has 136 valence electrons. The van der Waals surface area contributed by atoms with Crippen LogP contribution >= 0.6 is 35.7 Å². The topological polar surface area (TPSA) is 30.9 Å². The van der Waals surface area contributed by atoms with Crippen LogP contribution in [0.15, 0.2) is 4.99 Å². The Morgan fingerprint density at radius 1 is 1.22 bits per heavy atom. The van der Waals surface area contributed by atoms with Gasteiger partial charge in [-0.15, -0.1) is 24.0 Å². The number of hydrogen-bond donors (Lipinski definition) is 1. The molecule has 0 aromatic carbocycles. The third kappa shape index (κ3) is 7.82. The summed E-state index contributed by atoms with van der Waals surface area (Å²) in [4.78, 5) is 9.98. The van der Waals surface area contributed by atoms with Crippen LogP contribution in [0.1, 0.15) is 39.0 Å². The highest BCUT2D eigenvalue weighted by atomic mass is 127. The highest BCUT2D eigenvalue weighted by Gasteiger charge is 2.27. The Morgan fingerprint density at radius 2 is 2.00 bits per heavy atom. The summed E-state index contributed by atoms with van der Waals surface area (Å²) >= 11 is 1.93. The van der Waals surface area contributed by atoms with Crippen molar-refractivity contribution in [3.05, 3.63) is 0 Å². The van der Waals surface area contributed by atoms with Crippen LogP contribution in [0.4, 0.5) is 0 Å². The molecule has 1 unspecified atom stereocenters. The summed E-state index contributed by atoms with van der Waals surface area (Å²) in [5.41, 5.74) is 0. The third-order valence-corrected chi connectivity index (χ3v) is 5.35. The quantitative estimate of drug-likeness (QED) is 0.264. The molecule has 0 aliphatic carbocycles. The average Bonchev–Trinajstić information content (AvgIpc) is 3.18. The molecule has 0 spiro atoms. The third-order valence-electron chi connectivity index (χ3n) is 4.65. The number of halogens is 1. The zero-order valence-corrected chi connectivity index (χ0v) is 18.1. The number of guanidine groups is 1. The van der Waals surface area contributed by atoms with Crippen molar-refractivity contribution in [3.63, 3.8) is 0 Å². The van der Waals surface area contributed by atoms with Gasteiger partial charge in [0.15, 0.2) is 5.96 Å². The maximum absolute atomic E-state index is 4.84. The van der Waals surface area contributed by atoms with E-state index < -0.39 is 0 Å². The van der Waals surface area contributed by atoms with Crippen molar-refractivity contribution in [2.45, 2.75) is 39.0 Å². The van der Waals surface area contributed by atoms with E-state index in [-0.39, 0.29) is 24.0 Å². The van der Waals surface area contributed by atoms with Gasteiger partial charge in [-0.25, -0.2) is 0 Å². The monoisotopic (exact) mass is 454 g/mol. The highest BCUT2D eigenvalue weighted by Crippen LogP contribution is 2.20. The molecule has 0 saturated carbocycles. The van der Waals surface area contributed by atoms with Gasteiger partial charge in [0.05, 0.1) is 0 Å². The molecule has 1 atom stereocenters. The summed E-state index contributed by atoms with van der Waals surface area (Å²) in [6.07, 6.45) is 8.79. The Bertz CT molecular complexity index is 335. The molecule has 4 nitrogen and oxygen atoms in total. The first kappa shape index (κ1) is 21.4. The van der Waals surface area contributed by atoms with Gasteiger partial charge < -0.3 is 15.1 Å². The largest absolute Gasteiger partial charge is 0.357 e. The molecule has 2 aliphatic rings. The summed E-state index contributed by atoms with van der Waals surface area (Å²) in [6, 6.07) is 0. The van der Waals surface area contributed by atoms with Gasteiger partial charge in [-0.1, -0.05) is 0 Å². The number of nitrogens with one attached hydrogen (secondary N) is 1. The first-order chi connectivity index (χ1) is 10.8. The zero-order valence-electron chi connectivity index (χ0n) is 14.9. The molecule has 2 rings (SSSR count). The Kier molecular flexibility index (Phi) is 11.7. The van der Waals surface area contributed by atoms with Crippen molar-refractivity contribution in [2.75, 3.05) is 57.8 Å². The van der Waals surface area contributed by atoms with Gasteiger partial charge in [0.25, 0.3) is 0 Å². The summed E-state index contributed by atoms with van der Waals surface area (Å²) in [5.74, 6) is 3.24. The lowest BCUT2D eigenvalue weighted by Crippen LogP contribution is -2.40. The van der Waals surface area contributed by atoms with Crippen molar-refractivity contribution in [1.82, 2.24) is 15.1 Å². The molecule has 0 amide bonds. The van der Waals surface area contributed by atoms with E-state index in [1.54, 1.807) is 0 Å². The van der Waals surface area contributed by atoms with Crippen LogP contribution in [0.25, 0.3) is 0 Å². The number of likely N-dealkylation sites (tertiary alicyclic amines) is 2. The fraction of sp³-hybridized carbons (Fsp3) is 0.941. The first-order valence-electron chi connectivity index (χ1n) is 9.08. The van der Waals surface area contributed by atoms with Gasteiger partial charge in [-0.05, 0) is 70.0 Å². The molecular formula is C17H35IN4S. The zero-order chi connectivity index (χ0) is 15.6. The predicted octanol–water partition coefficient (Wildman–Crippen LogP) is 3.13. The number of unbranched alkanes of at least 4 members (excludes halogenated alkanes) is 1. The van der Waals surface area contributed by atoms with Crippen molar-refractivity contribution in [1.29, 1.82) is 0 Å². The van der Waals surface area contributed by atoms with E-state index in [1.165, 1.54) is 70.6 Å². The van der Waals surface area contributed by atoms with E-state index in [9.17, 15) is 0 Å². The van der Waals surface area contributed by atoms with E-state index in [0.717, 1.165) is 25.0 Å². The molecule has 0 radical (unpaired) electrons. The van der Waals surface area contributed by atoms with Crippen LogP contribution in [-0.4, -0.2) is 73.6 Å². The molecule has 2 heterocycles. The summed E-state index contributed by atoms with van der Waals surface area (Å²) in [6.45, 7) is 10.4. The number of aliphatic imine (C=N–C) groups is 1.